The third kappa shape index (κ3) is 2.06. The molecular formula is C10H17IN2. The average molecular weight is 292 g/mol. The van der Waals surface area contributed by atoms with Gasteiger partial charge >= 0.3 is 0 Å². The van der Waals surface area contributed by atoms with Crippen molar-refractivity contribution in [3.05, 3.63) is 15.0 Å². The monoisotopic (exact) mass is 292 g/mol. The van der Waals surface area contributed by atoms with Crippen molar-refractivity contribution < 1.29 is 0 Å². The van der Waals surface area contributed by atoms with E-state index < -0.39 is 0 Å². The van der Waals surface area contributed by atoms with Crippen molar-refractivity contribution in [2.45, 2.75) is 46.6 Å². The van der Waals surface area contributed by atoms with Gasteiger partial charge in [-0.3, -0.25) is 4.68 Å². The second kappa shape index (κ2) is 3.59. The van der Waals surface area contributed by atoms with Crippen LogP contribution in [-0.4, -0.2) is 9.78 Å². The van der Waals surface area contributed by atoms with E-state index >= 15 is 0 Å². The molecule has 74 valence electrons. The number of halogens is 1. The lowest BCUT2D eigenvalue weighted by Crippen LogP contribution is -2.19. The van der Waals surface area contributed by atoms with E-state index in [9.17, 15) is 0 Å². The molecule has 1 aromatic heterocycles. The molecule has 0 aromatic carbocycles. The number of aromatic nitrogens is 2. The molecule has 0 amide bonds. The molecule has 0 fully saturated rings. The van der Waals surface area contributed by atoms with Crippen LogP contribution in [-0.2, 0) is 12.0 Å². The fraction of sp³-hybridized carbons (Fsp3) is 0.700. The summed E-state index contributed by atoms with van der Waals surface area (Å²) in [7, 11) is 0. The lowest BCUT2D eigenvalue weighted by atomic mass is 9.89. The van der Waals surface area contributed by atoms with Crippen molar-refractivity contribution in [2.24, 2.45) is 0 Å². The predicted molar refractivity (Wildman–Crippen MR) is 64.1 cm³/mol. The molecule has 1 aromatic rings. The van der Waals surface area contributed by atoms with Gasteiger partial charge < -0.3 is 0 Å². The van der Waals surface area contributed by atoms with Crippen LogP contribution in [0.2, 0.25) is 0 Å². The Balaban J connectivity index is 3.33. The van der Waals surface area contributed by atoms with Crippen LogP contribution >= 0.6 is 22.6 Å². The van der Waals surface area contributed by atoms with Crippen LogP contribution in [0.3, 0.4) is 0 Å². The first-order chi connectivity index (χ1) is 5.88. The van der Waals surface area contributed by atoms with Crippen molar-refractivity contribution in [2.75, 3.05) is 0 Å². The number of rotatable bonds is 1. The van der Waals surface area contributed by atoms with Crippen LogP contribution in [0, 0.1) is 10.6 Å². The van der Waals surface area contributed by atoms with Crippen molar-refractivity contribution in [3.63, 3.8) is 0 Å². The highest BCUT2D eigenvalue weighted by Gasteiger charge is 2.23. The summed E-state index contributed by atoms with van der Waals surface area (Å²) in [6.07, 6.45) is 0. The van der Waals surface area contributed by atoms with Gasteiger partial charge in [-0.2, -0.15) is 5.10 Å². The van der Waals surface area contributed by atoms with Gasteiger partial charge in [0.05, 0.1) is 0 Å². The van der Waals surface area contributed by atoms with E-state index in [-0.39, 0.29) is 5.41 Å². The first-order valence-electron chi connectivity index (χ1n) is 4.61. The summed E-state index contributed by atoms with van der Waals surface area (Å²) in [6.45, 7) is 12.0. The van der Waals surface area contributed by atoms with E-state index in [1.807, 2.05) is 0 Å². The molecule has 0 saturated carbocycles. The van der Waals surface area contributed by atoms with Gasteiger partial charge in [-0.05, 0) is 36.4 Å². The van der Waals surface area contributed by atoms with Gasteiger partial charge in [-0.25, -0.2) is 0 Å². The molecule has 0 unspecified atom stereocenters. The van der Waals surface area contributed by atoms with Gasteiger partial charge in [-0.1, -0.05) is 20.8 Å². The Morgan fingerprint density at radius 3 is 2.23 bits per heavy atom. The fourth-order valence-corrected chi connectivity index (χ4v) is 2.22. The normalized spacial score (nSPS) is 12.2. The summed E-state index contributed by atoms with van der Waals surface area (Å²) < 4.78 is 3.24. The minimum Gasteiger partial charge on any atom is -0.268 e. The van der Waals surface area contributed by atoms with Crippen LogP contribution in [0.15, 0.2) is 0 Å². The van der Waals surface area contributed by atoms with E-state index in [0.29, 0.717) is 0 Å². The van der Waals surface area contributed by atoms with Gasteiger partial charge in [0.25, 0.3) is 0 Å². The zero-order valence-electron chi connectivity index (χ0n) is 8.98. The molecule has 0 bridgehead atoms. The minimum atomic E-state index is 0.191. The Bertz CT molecular complexity index is 307. The number of hydrogen-bond acceptors (Lipinski definition) is 1. The van der Waals surface area contributed by atoms with Crippen LogP contribution in [0.25, 0.3) is 0 Å². The molecule has 0 atom stereocenters. The first kappa shape index (κ1) is 11.0. The molecule has 3 heteroatoms. The van der Waals surface area contributed by atoms with E-state index in [1.165, 1.54) is 11.3 Å². The standard InChI is InChI=1S/C10H17IN2/c1-6-13-8(10(3,4)5)7(2)9(11)12-13/h6H2,1-5H3. The summed E-state index contributed by atoms with van der Waals surface area (Å²) in [5.41, 5.74) is 2.88. The van der Waals surface area contributed by atoms with Crippen molar-refractivity contribution in [3.8, 4) is 0 Å². The molecule has 0 saturated heterocycles. The molecule has 0 spiro atoms. The van der Waals surface area contributed by atoms with E-state index in [0.717, 1.165) is 10.2 Å². The van der Waals surface area contributed by atoms with Gasteiger partial charge in [0, 0.05) is 23.2 Å². The lowest BCUT2D eigenvalue weighted by molar-refractivity contribution is 0.495. The topological polar surface area (TPSA) is 17.8 Å². The minimum absolute atomic E-state index is 0.191. The van der Waals surface area contributed by atoms with E-state index in [4.69, 9.17) is 0 Å². The average Bonchev–Trinajstić information content (AvgIpc) is 2.26. The molecular weight excluding hydrogens is 275 g/mol. The maximum absolute atomic E-state index is 4.50. The van der Waals surface area contributed by atoms with Crippen LogP contribution in [0.4, 0.5) is 0 Å². The molecule has 0 radical (unpaired) electrons. The first-order valence-corrected chi connectivity index (χ1v) is 5.69. The molecule has 13 heavy (non-hydrogen) atoms. The zero-order chi connectivity index (χ0) is 10.2. The summed E-state index contributed by atoms with van der Waals surface area (Å²) in [5, 5.41) is 4.50. The second-order valence-corrected chi connectivity index (χ2v) is 5.35. The van der Waals surface area contributed by atoms with Gasteiger partial charge in [0.15, 0.2) is 0 Å². The maximum atomic E-state index is 4.50. The van der Waals surface area contributed by atoms with E-state index in [2.05, 4.69) is 67.0 Å². The van der Waals surface area contributed by atoms with Crippen molar-refractivity contribution >= 4 is 22.6 Å². The largest absolute Gasteiger partial charge is 0.268 e. The second-order valence-electron chi connectivity index (χ2n) is 4.33. The fourth-order valence-electron chi connectivity index (χ4n) is 1.70. The number of aryl methyl sites for hydroxylation is 1. The SMILES string of the molecule is CCn1nc(I)c(C)c1C(C)(C)C. The molecule has 0 N–H and O–H groups in total. The van der Waals surface area contributed by atoms with Crippen molar-refractivity contribution in [1.29, 1.82) is 0 Å². The summed E-state index contributed by atoms with van der Waals surface area (Å²) in [5.74, 6) is 0. The molecule has 1 rings (SSSR count). The Kier molecular flexibility index (Phi) is 3.05. The molecule has 0 aliphatic carbocycles. The number of nitrogens with zero attached hydrogens (tertiary/aromatic N) is 2. The predicted octanol–water partition coefficient (Wildman–Crippen LogP) is 3.11. The zero-order valence-corrected chi connectivity index (χ0v) is 11.1. The van der Waals surface area contributed by atoms with Crippen LogP contribution in [0.5, 0.6) is 0 Å². The van der Waals surface area contributed by atoms with Gasteiger partial charge in [-0.15, -0.1) is 0 Å². The number of hydrogen-bond donors (Lipinski definition) is 0. The lowest BCUT2D eigenvalue weighted by Gasteiger charge is -2.21. The Labute approximate surface area is 93.9 Å². The highest BCUT2D eigenvalue weighted by Crippen LogP contribution is 2.28. The van der Waals surface area contributed by atoms with Gasteiger partial charge in [0.1, 0.15) is 3.70 Å². The van der Waals surface area contributed by atoms with Crippen LogP contribution in [0.1, 0.15) is 39.0 Å². The summed E-state index contributed by atoms with van der Waals surface area (Å²) >= 11 is 2.30. The molecule has 2 nitrogen and oxygen atoms in total. The quantitative estimate of drug-likeness (QED) is 0.727. The maximum Gasteiger partial charge on any atom is 0.126 e. The summed E-state index contributed by atoms with van der Waals surface area (Å²) in [4.78, 5) is 0. The smallest absolute Gasteiger partial charge is 0.126 e. The molecule has 1 heterocycles. The highest BCUT2D eigenvalue weighted by atomic mass is 127. The Hall–Kier alpha value is -0.0600. The Morgan fingerprint density at radius 1 is 1.38 bits per heavy atom. The Morgan fingerprint density at radius 2 is 1.92 bits per heavy atom. The third-order valence-electron chi connectivity index (χ3n) is 2.14. The molecule has 0 aliphatic heterocycles. The van der Waals surface area contributed by atoms with E-state index in [1.54, 1.807) is 0 Å². The highest BCUT2D eigenvalue weighted by molar-refractivity contribution is 14.1. The van der Waals surface area contributed by atoms with Gasteiger partial charge in [0.2, 0.25) is 0 Å². The van der Waals surface area contributed by atoms with Crippen molar-refractivity contribution in [1.82, 2.24) is 9.78 Å². The third-order valence-corrected chi connectivity index (χ3v) is 3.17. The molecule has 0 aliphatic rings. The summed E-state index contributed by atoms with van der Waals surface area (Å²) in [6, 6.07) is 0. The van der Waals surface area contributed by atoms with Crippen LogP contribution < -0.4 is 0 Å².